The van der Waals surface area contributed by atoms with E-state index in [1.54, 1.807) is 18.2 Å². The fourth-order valence-corrected chi connectivity index (χ4v) is 5.42. The topological polar surface area (TPSA) is 84.9 Å². The first kappa shape index (κ1) is 21.9. The fraction of sp³-hybridized carbons (Fsp3) is 0.208. The number of hydrogen-bond acceptors (Lipinski definition) is 5. The number of carbonyl (C=O) groups is 1. The molecule has 0 saturated carbocycles. The minimum absolute atomic E-state index is 0.0343. The SMILES string of the molecule is COc1ccc(S(=O)(=O)N2Cc3ccccc3CC2C(=O)Nc2ccccc2)cc1OC. The predicted octanol–water partition coefficient (Wildman–Crippen LogP) is 3.46. The molecule has 32 heavy (non-hydrogen) atoms. The molecule has 4 rings (SSSR count). The maximum absolute atomic E-state index is 13.7. The van der Waals surface area contributed by atoms with E-state index >= 15 is 0 Å². The molecule has 1 amide bonds. The standard InChI is InChI=1S/C24H24N2O5S/c1-30-22-13-12-20(15-23(22)31-2)32(28,29)26-16-18-9-7-6-8-17(18)14-21(26)24(27)25-19-10-4-3-5-11-19/h3-13,15,21H,14,16H2,1-2H3,(H,25,27). The lowest BCUT2D eigenvalue weighted by molar-refractivity contribution is -0.120. The highest BCUT2D eigenvalue weighted by atomic mass is 32.2. The highest BCUT2D eigenvalue weighted by Gasteiger charge is 2.40. The second-order valence-electron chi connectivity index (χ2n) is 7.41. The molecule has 0 spiro atoms. The van der Waals surface area contributed by atoms with Crippen molar-refractivity contribution in [3.8, 4) is 11.5 Å². The summed E-state index contributed by atoms with van der Waals surface area (Å²) >= 11 is 0. The van der Waals surface area contributed by atoms with Crippen molar-refractivity contribution in [2.45, 2.75) is 23.9 Å². The number of methoxy groups -OCH3 is 2. The van der Waals surface area contributed by atoms with Crippen LogP contribution in [0.15, 0.2) is 77.7 Å². The smallest absolute Gasteiger partial charge is 0.244 e. The summed E-state index contributed by atoms with van der Waals surface area (Å²) in [6, 6.07) is 20.1. The van der Waals surface area contributed by atoms with Gasteiger partial charge in [-0.25, -0.2) is 8.42 Å². The third-order valence-corrected chi connectivity index (χ3v) is 7.36. The third kappa shape index (κ3) is 4.19. The van der Waals surface area contributed by atoms with Gasteiger partial charge < -0.3 is 14.8 Å². The Labute approximate surface area is 187 Å². The number of nitrogens with one attached hydrogen (secondary N) is 1. The first-order valence-corrected chi connectivity index (χ1v) is 11.5. The molecular formula is C24H24N2O5S. The minimum atomic E-state index is -4.01. The van der Waals surface area contributed by atoms with Crippen molar-refractivity contribution < 1.29 is 22.7 Å². The van der Waals surface area contributed by atoms with Gasteiger partial charge in [-0.2, -0.15) is 4.31 Å². The molecule has 7 nitrogen and oxygen atoms in total. The van der Waals surface area contributed by atoms with Gasteiger partial charge in [0.15, 0.2) is 11.5 Å². The van der Waals surface area contributed by atoms with E-state index in [1.165, 1.54) is 30.7 Å². The van der Waals surface area contributed by atoms with E-state index in [9.17, 15) is 13.2 Å². The van der Waals surface area contributed by atoms with Gasteiger partial charge in [0, 0.05) is 18.3 Å². The molecule has 1 heterocycles. The first-order chi connectivity index (χ1) is 15.4. The second kappa shape index (κ2) is 9.02. The number of ether oxygens (including phenoxy) is 2. The van der Waals surface area contributed by atoms with Gasteiger partial charge in [-0.1, -0.05) is 42.5 Å². The van der Waals surface area contributed by atoms with Gasteiger partial charge in [0.05, 0.1) is 19.1 Å². The molecule has 0 radical (unpaired) electrons. The zero-order chi connectivity index (χ0) is 22.7. The number of amides is 1. The van der Waals surface area contributed by atoms with Crippen LogP contribution in [0.2, 0.25) is 0 Å². The molecule has 1 aliphatic heterocycles. The Morgan fingerprint density at radius 3 is 2.25 bits per heavy atom. The summed E-state index contributed by atoms with van der Waals surface area (Å²) in [4.78, 5) is 13.3. The molecule has 0 fully saturated rings. The van der Waals surface area contributed by atoms with Crippen LogP contribution in [0.1, 0.15) is 11.1 Å². The van der Waals surface area contributed by atoms with Gasteiger partial charge in [-0.15, -0.1) is 0 Å². The van der Waals surface area contributed by atoms with Crippen LogP contribution in [0.3, 0.4) is 0 Å². The van der Waals surface area contributed by atoms with Crippen LogP contribution in [0.4, 0.5) is 5.69 Å². The van der Waals surface area contributed by atoms with E-state index in [4.69, 9.17) is 9.47 Å². The minimum Gasteiger partial charge on any atom is -0.493 e. The largest absolute Gasteiger partial charge is 0.493 e. The van der Waals surface area contributed by atoms with E-state index in [-0.39, 0.29) is 23.8 Å². The molecule has 1 atom stereocenters. The molecule has 0 aromatic heterocycles. The van der Waals surface area contributed by atoms with Crippen molar-refractivity contribution >= 4 is 21.6 Å². The van der Waals surface area contributed by atoms with Crippen molar-refractivity contribution in [3.05, 3.63) is 83.9 Å². The fourth-order valence-electron chi connectivity index (χ4n) is 3.83. The van der Waals surface area contributed by atoms with E-state index < -0.39 is 16.1 Å². The quantitative estimate of drug-likeness (QED) is 0.619. The van der Waals surface area contributed by atoms with Crippen molar-refractivity contribution in [1.29, 1.82) is 0 Å². The van der Waals surface area contributed by atoms with Crippen LogP contribution in [0.5, 0.6) is 11.5 Å². The Bertz CT molecular complexity index is 1230. The van der Waals surface area contributed by atoms with Crippen molar-refractivity contribution in [2.75, 3.05) is 19.5 Å². The Morgan fingerprint density at radius 2 is 1.56 bits per heavy atom. The molecule has 1 unspecified atom stereocenters. The Morgan fingerprint density at radius 1 is 0.906 bits per heavy atom. The molecule has 3 aromatic carbocycles. The summed E-state index contributed by atoms with van der Waals surface area (Å²) < 4.78 is 39.1. The number of hydrogen-bond donors (Lipinski definition) is 1. The van der Waals surface area contributed by atoms with Crippen LogP contribution in [0, 0.1) is 0 Å². The predicted molar refractivity (Wildman–Crippen MR) is 121 cm³/mol. The summed E-state index contributed by atoms with van der Waals surface area (Å²) in [7, 11) is -1.08. The Hall–Kier alpha value is -3.36. The lowest BCUT2D eigenvalue weighted by Gasteiger charge is -2.35. The lowest BCUT2D eigenvalue weighted by atomic mass is 9.95. The van der Waals surface area contributed by atoms with Crippen LogP contribution in [0.25, 0.3) is 0 Å². The van der Waals surface area contributed by atoms with Crippen LogP contribution in [-0.2, 0) is 27.8 Å². The van der Waals surface area contributed by atoms with Gasteiger partial charge in [-0.3, -0.25) is 4.79 Å². The van der Waals surface area contributed by atoms with E-state index in [0.29, 0.717) is 17.2 Å². The van der Waals surface area contributed by atoms with E-state index in [2.05, 4.69) is 5.32 Å². The number of carbonyl (C=O) groups excluding carboxylic acids is 1. The third-order valence-electron chi connectivity index (χ3n) is 5.51. The van der Waals surface area contributed by atoms with Gasteiger partial charge in [0.1, 0.15) is 6.04 Å². The van der Waals surface area contributed by atoms with Gasteiger partial charge in [0.2, 0.25) is 15.9 Å². The normalized spacial score (nSPS) is 16.1. The summed E-state index contributed by atoms with van der Waals surface area (Å²) in [5, 5.41) is 2.85. The van der Waals surface area contributed by atoms with E-state index in [0.717, 1.165) is 11.1 Å². The van der Waals surface area contributed by atoms with Gasteiger partial charge in [-0.05, 0) is 41.8 Å². The van der Waals surface area contributed by atoms with Gasteiger partial charge in [0.25, 0.3) is 0 Å². The molecule has 1 aliphatic rings. The second-order valence-corrected chi connectivity index (χ2v) is 9.30. The average molecular weight is 453 g/mol. The molecular weight excluding hydrogens is 428 g/mol. The summed E-state index contributed by atoms with van der Waals surface area (Å²) in [6.07, 6.45) is 0.279. The summed E-state index contributed by atoms with van der Waals surface area (Å²) in [5.74, 6) is 0.347. The zero-order valence-electron chi connectivity index (χ0n) is 17.8. The molecule has 1 N–H and O–H groups in total. The molecule has 0 bridgehead atoms. The van der Waals surface area contributed by atoms with Crippen molar-refractivity contribution in [3.63, 3.8) is 0 Å². The number of para-hydroxylation sites is 1. The molecule has 166 valence electrons. The van der Waals surface area contributed by atoms with Crippen molar-refractivity contribution in [1.82, 2.24) is 4.31 Å². The van der Waals surface area contributed by atoms with Crippen LogP contribution in [-0.4, -0.2) is 38.9 Å². The number of benzene rings is 3. The Balaban J connectivity index is 1.73. The van der Waals surface area contributed by atoms with Crippen molar-refractivity contribution in [2.24, 2.45) is 0 Å². The maximum atomic E-state index is 13.7. The number of nitrogens with zero attached hydrogens (tertiary/aromatic N) is 1. The van der Waals surface area contributed by atoms with E-state index in [1.807, 2.05) is 42.5 Å². The summed E-state index contributed by atoms with van der Waals surface area (Å²) in [5.41, 5.74) is 2.44. The number of rotatable bonds is 6. The maximum Gasteiger partial charge on any atom is 0.244 e. The number of anilines is 1. The molecule has 3 aromatic rings. The average Bonchev–Trinajstić information content (AvgIpc) is 2.83. The first-order valence-electron chi connectivity index (χ1n) is 10.1. The lowest BCUT2D eigenvalue weighted by Crippen LogP contribution is -2.50. The zero-order valence-corrected chi connectivity index (χ0v) is 18.6. The van der Waals surface area contributed by atoms with Crippen LogP contribution < -0.4 is 14.8 Å². The highest BCUT2D eigenvalue weighted by molar-refractivity contribution is 7.89. The molecule has 0 saturated heterocycles. The highest BCUT2D eigenvalue weighted by Crippen LogP contribution is 2.34. The van der Waals surface area contributed by atoms with Gasteiger partial charge >= 0.3 is 0 Å². The monoisotopic (exact) mass is 452 g/mol. The number of sulfonamides is 1. The Kier molecular flexibility index (Phi) is 6.16. The molecule has 8 heteroatoms. The molecule has 0 aliphatic carbocycles. The number of fused-ring (bicyclic) bond motifs is 1. The van der Waals surface area contributed by atoms with Crippen LogP contribution >= 0.6 is 0 Å². The summed E-state index contributed by atoms with van der Waals surface area (Å²) in [6.45, 7) is 0.0970.